The molecule has 7 nitrogen and oxygen atoms in total. The van der Waals surface area contributed by atoms with Crippen LogP contribution in [0.4, 0.5) is 5.82 Å². The minimum Gasteiger partial charge on any atom is -0.373 e. The van der Waals surface area contributed by atoms with E-state index in [1.54, 1.807) is 0 Å². The maximum absolute atomic E-state index is 12.8. The van der Waals surface area contributed by atoms with Crippen LogP contribution in [0.25, 0.3) is 10.9 Å². The third-order valence-electron chi connectivity index (χ3n) is 6.50. The second kappa shape index (κ2) is 11.8. The van der Waals surface area contributed by atoms with Gasteiger partial charge < -0.3 is 16.0 Å². The smallest absolute Gasteiger partial charge is 0.289 e. The fourth-order valence-electron chi connectivity index (χ4n) is 4.57. The number of hydrogen-bond donors (Lipinski definition) is 3. The van der Waals surface area contributed by atoms with Crippen molar-refractivity contribution in [1.29, 1.82) is 0 Å². The minimum atomic E-state index is -0.233. The minimum absolute atomic E-state index is 0.100. The number of aryl methyl sites for hydroxylation is 1. The predicted octanol–water partition coefficient (Wildman–Crippen LogP) is 4.86. The van der Waals surface area contributed by atoms with Gasteiger partial charge in [-0.1, -0.05) is 68.1 Å². The van der Waals surface area contributed by atoms with Gasteiger partial charge in [0.15, 0.2) is 0 Å². The summed E-state index contributed by atoms with van der Waals surface area (Å²) in [6.45, 7) is 4.78. The highest BCUT2D eigenvalue weighted by atomic mass is 16.2. The average molecular weight is 473 g/mol. The van der Waals surface area contributed by atoms with E-state index in [2.05, 4.69) is 53.0 Å². The number of benzene rings is 2. The highest BCUT2D eigenvalue weighted by Crippen LogP contribution is 2.28. The number of amidine groups is 1. The molecule has 184 valence electrons. The summed E-state index contributed by atoms with van der Waals surface area (Å²) in [6, 6.07) is 16.5. The Bertz CT molecular complexity index is 1180. The van der Waals surface area contributed by atoms with Crippen LogP contribution in [0.2, 0.25) is 0 Å². The molecule has 7 heteroatoms. The molecule has 1 heterocycles. The molecular weight excluding hydrogens is 436 g/mol. The van der Waals surface area contributed by atoms with Crippen LogP contribution in [0, 0.1) is 6.92 Å². The summed E-state index contributed by atoms with van der Waals surface area (Å²) in [4.78, 5) is 27.2. The number of nitrogens with zero attached hydrogens (tertiary/aromatic N) is 3. The lowest BCUT2D eigenvalue weighted by molar-refractivity contribution is 0.0943. The number of nitrogens with one attached hydrogen (secondary N) is 3. The Balaban J connectivity index is 1.66. The van der Waals surface area contributed by atoms with E-state index >= 15 is 0 Å². The molecule has 0 radical (unpaired) electrons. The molecule has 0 saturated heterocycles. The van der Waals surface area contributed by atoms with Crippen LogP contribution < -0.4 is 16.0 Å². The number of unbranched alkanes of at least 4 members (excludes halogenated alkanes) is 1. The van der Waals surface area contributed by atoms with Crippen molar-refractivity contribution in [2.45, 2.75) is 64.5 Å². The van der Waals surface area contributed by atoms with Gasteiger partial charge in [-0.2, -0.15) is 0 Å². The molecule has 1 aliphatic carbocycles. The Morgan fingerprint density at radius 2 is 1.89 bits per heavy atom. The summed E-state index contributed by atoms with van der Waals surface area (Å²) < 4.78 is 0. The molecule has 0 spiro atoms. The average Bonchev–Trinajstić information content (AvgIpc) is 2.88. The molecule has 1 fully saturated rings. The van der Waals surface area contributed by atoms with E-state index in [4.69, 9.17) is 9.98 Å². The van der Waals surface area contributed by atoms with Gasteiger partial charge in [0.25, 0.3) is 5.91 Å². The number of carbonyl (C=O) groups excluding carboxylic acids is 1. The topological polar surface area (TPSA) is 91.3 Å². The first-order valence-electron chi connectivity index (χ1n) is 12.7. The van der Waals surface area contributed by atoms with Crippen LogP contribution >= 0.6 is 0 Å². The van der Waals surface area contributed by atoms with E-state index in [9.17, 15) is 4.79 Å². The van der Waals surface area contributed by atoms with E-state index in [1.807, 2.05) is 37.4 Å². The zero-order valence-electron chi connectivity index (χ0n) is 21.0. The number of aromatic nitrogens is 2. The lowest BCUT2D eigenvalue weighted by Crippen LogP contribution is -2.38. The van der Waals surface area contributed by atoms with Crippen LogP contribution in [0.15, 0.2) is 53.5 Å². The van der Waals surface area contributed by atoms with Crippen LogP contribution in [-0.4, -0.2) is 47.4 Å². The van der Waals surface area contributed by atoms with Crippen LogP contribution in [0.5, 0.6) is 0 Å². The second-order valence-corrected chi connectivity index (χ2v) is 9.22. The van der Waals surface area contributed by atoms with Gasteiger partial charge in [-0.3, -0.25) is 9.79 Å². The molecule has 35 heavy (non-hydrogen) atoms. The number of hydrogen-bond acceptors (Lipinski definition) is 5. The monoisotopic (exact) mass is 472 g/mol. The van der Waals surface area contributed by atoms with E-state index in [1.165, 1.54) is 0 Å². The van der Waals surface area contributed by atoms with Crippen molar-refractivity contribution in [2.75, 3.05) is 18.9 Å². The number of aliphatic imine (C=N–C) groups is 1. The third-order valence-corrected chi connectivity index (χ3v) is 6.50. The Hall–Kier alpha value is -3.48. The standard InChI is InChI=1S/C28H36N6O/c1-4-5-17-30-28(35)27-31-22-16-15-19(2)18-21(22)26(34-27)33-24-14-10-9-13-23(24)32-25(29-3)20-11-7-6-8-12-20/h6-8,11-12,15-16,18,23-24H,4-5,9-10,13-14,17H2,1-3H3,(H,29,32)(H,30,35)(H,31,33,34)/t23-,24+/m1/s1. The summed E-state index contributed by atoms with van der Waals surface area (Å²) >= 11 is 0. The zero-order valence-corrected chi connectivity index (χ0v) is 21.0. The summed E-state index contributed by atoms with van der Waals surface area (Å²) in [5.41, 5.74) is 2.97. The van der Waals surface area contributed by atoms with Crippen molar-refractivity contribution in [3.63, 3.8) is 0 Å². The van der Waals surface area contributed by atoms with Gasteiger partial charge >= 0.3 is 0 Å². The number of rotatable bonds is 8. The van der Waals surface area contributed by atoms with Crippen molar-refractivity contribution in [1.82, 2.24) is 20.6 Å². The molecular formula is C28H36N6O. The molecule has 1 saturated carbocycles. The maximum Gasteiger partial charge on any atom is 0.289 e. The number of carbonyl (C=O) groups is 1. The van der Waals surface area contributed by atoms with Gasteiger partial charge in [0.05, 0.1) is 11.6 Å². The van der Waals surface area contributed by atoms with Crippen molar-refractivity contribution in [3.8, 4) is 0 Å². The van der Waals surface area contributed by atoms with Crippen LogP contribution in [0.1, 0.15) is 67.2 Å². The van der Waals surface area contributed by atoms with E-state index < -0.39 is 0 Å². The molecule has 0 unspecified atom stereocenters. The normalized spacial score (nSPS) is 18.3. The first-order valence-corrected chi connectivity index (χ1v) is 12.7. The van der Waals surface area contributed by atoms with Crippen LogP contribution in [-0.2, 0) is 0 Å². The summed E-state index contributed by atoms with van der Waals surface area (Å²) in [7, 11) is 1.92. The van der Waals surface area contributed by atoms with E-state index in [0.29, 0.717) is 12.4 Å². The van der Waals surface area contributed by atoms with E-state index in [-0.39, 0.29) is 23.8 Å². The van der Waals surface area contributed by atoms with Gasteiger partial charge in [-0.15, -0.1) is 0 Å². The van der Waals surface area contributed by atoms with Gasteiger partial charge in [0, 0.05) is 30.6 Å². The lowest BCUT2D eigenvalue weighted by atomic mass is 9.90. The molecule has 0 aliphatic heterocycles. The quantitative estimate of drug-likeness (QED) is 0.247. The van der Waals surface area contributed by atoms with Crippen molar-refractivity contribution >= 4 is 28.5 Å². The Labute approximate surface area is 207 Å². The molecule has 1 aromatic heterocycles. The molecule has 3 aromatic rings. The third kappa shape index (κ3) is 6.15. The largest absolute Gasteiger partial charge is 0.373 e. The molecule has 2 atom stereocenters. The van der Waals surface area contributed by atoms with Gasteiger partial charge in [0.1, 0.15) is 11.7 Å². The van der Waals surface area contributed by atoms with Crippen molar-refractivity contribution in [2.24, 2.45) is 4.99 Å². The van der Waals surface area contributed by atoms with Crippen molar-refractivity contribution < 1.29 is 4.79 Å². The summed E-state index contributed by atoms with van der Waals surface area (Å²) in [5.74, 6) is 1.57. The van der Waals surface area contributed by atoms with Crippen LogP contribution in [0.3, 0.4) is 0 Å². The molecule has 1 amide bonds. The van der Waals surface area contributed by atoms with Gasteiger partial charge in [-0.05, 0) is 38.3 Å². The molecule has 1 aliphatic rings. The first-order chi connectivity index (χ1) is 17.1. The summed E-state index contributed by atoms with van der Waals surface area (Å²) in [5, 5.41) is 10.8. The Morgan fingerprint density at radius 3 is 2.66 bits per heavy atom. The van der Waals surface area contributed by atoms with Crippen molar-refractivity contribution in [3.05, 3.63) is 65.5 Å². The summed E-state index contributed by atoms with van der Waals surface area (Å²) in [6.07, 6.45) is 6.23. The molecule has 4 rings (SSSR count). The van der Waals surface area contributed by atoms with Gasteiger partial charge in [-0.25, -0.2) is 9.97 Å². The first kappa shape index (κ1) is 24.6. The number of amides is 1. The lowest BCUT2D eigenvalue weighted by Gasteiger charge is -2.31. The van der Waals surface area contributed by atoms with E-state index in [0.717, 1.165) is 66.4 Å². The number of anilines is 1. The Morgan fingerprint density at radius 1 is 1.09 bits per heavy atom. The molecule has 3 N–H and O–H groups in total. The highest BCUT2D eigenvalue weighted by Gasteiger charge is 2.27. The highest BCUT2D eigenvalue weighted by molar-refractivity contribution is 5.99. The second-order valence-electron chi connectivity index (χ2n) is 9.22. The maximum atomic E-state index is 12.8. The SMILES string of the molecule is CCCCNC(=O)c1nc(N[C@H]2CCCC[C@H]2N=C(NC)c2ccccc2)c2cc(C)ccc2n1. The van der Waals surface area contributed by atoms with Gasteiger partial charge in [0.2, 0.25) is 5.82 Å². The fraction of sp³-hybridized carbons (Fsp3) is 0.429. The molecule has 0 bridgehead atoms. The number of fused-ring (bicyclic) bond motifs is 1. The molecule has 2 aromatic carbocycles. The zero-order chi connectivity index (χ0) is 24.6. The predicted molar refractivity (Wildman–Crippen MR) is 143 cm³/mol. The fourth-order valence-corrected chi connectivity index (χ4v) is 4.57. The Kier molecular flexibility index (Phi) is 8.29.